The van der Waals surface area contributed by atoms with Gasteiger partial charge in [0.2, 0.25) is 0 Å². The van der Waals surface area contributed by atoms with Crippen LogP contribution >= 0.6 is 15.9 Å². The number of ether oxygens (including phenoxy) is 1. The van der Waals surface area contributed by atoms with E-state index in [4.69, 9.17) is 9.84 Å². The summed E-state index contributed by atoms with van der Waals surface area (Å²) in [5.41, 5.74) is -0.492. The highest BCUT2D eigenvalue weighted by Gasteiger charge is 2.37. The first-order valence-electron chi connectivity index (χ1n) is 6.15. The number of alkyl halides is 3. The van der Waals surface area contributed by atoms with Gasteiger partial charge in [-0.25, -0.2) is 0 Å². The largest absolute Gasteiger partial charge is 0.495 e. The van der Waals surface area contributed by atoms with Crippen molar-refractivity contribution in [2.24, 2.45) is 5.92 Å². The van der Waals surface area contributed by atoms with Gasteiger partial charge in [0.25, 0.3) is 0 Å². The summed E-state index contributed by atoms with van der Waals surface area (Å²) in [6.07, 6.45) is -4.29. The monoisotopic (exact) mass is 367 g/mol. The Kier molecular flexibility index (Phi) is 4.48. The van der Waals surface area contributed by atoms with Gasteiger partial charge in [0.05, 0.1) is 23.1 Å². The van der Waals surface area contributed by atoms with Crippen LogP contribution in [-0.4, -0.2) is 24.7 Å². The van der Waals surface area contributed by atoms with E-state index in [1.807, 2.05) is 0 Å². The molecule has 1 heterocycles. The Morgan fingerprint density at radius 1 is 1.48 bits per heavy atom. The lowest BCUT2D eigenvalue weighted by Crippen LogP contribution is -2.17. The van der Waals surface area contributed by atoms with Gasteiger partial charge in [-0.15, -0.1) is 0 Å². The summed E-state index contributed by atoms with van der Waals surface area (Å²) in [6.45, 7) is 0.241. The van der Waals surface area contributed by atoms with Gasteiger partial charge in [0.15, 0.2) is 0 Å². The van der Waals surface area contributed by atoms with E-state index in [1.165, 1.54) is 13.2 Å². The van der Waals surface area contributed by atoms with Gasteiger partial charge in [-0.2, -0.15) is 13.2 Å². The molecule has 2 unspecified atom stereocenters. The lowest BCUT2D eigenvalue weighted by molar-refractivity contribution is -0.141. The molecule has 1 aromatic rings. The maximum Gasteiger partial charge on any atom is 0.420 e. The van der Waals surface area contributed by atoms with Crippen molar-refractivity contribution in [3.8, 4) is 5.75 Å². The molecule has 0 bridgehead atoms. The summed E-state index contributed by atoms with van der Waals surface area (Å²) in [6, 6.07) is 2.11. The summed E-state index contributed by atoms with van der Waals surface area (Å²) in [7, 11) is 1.17. The van der Waals surface area contributed by atoms with Crippen LogP contribution in [0.15, 0.2) is 16.6 Å². The van der Waals surface area contributed by atoms with Crippen molar-refractivity contribution in [3.05, 3.63) is 27.7 Å². The molecule has 0 spiro atoms. The van der Waals surface area contributed by atoms with Crippen molar-refractivity contribution >= 4 is 21.9 Å². The highest BCUT2D eigenvalue weighted by molar-refractivity contribution is 9.10. The maximum atomic E-state index is 13.1. The first-order chi connectivity index (χ1) is 9.74. The number of nitrogens with one attached hydrogen (secondary N) is 1. The van der Waals surface area contributed by atoms with Crippen LogP contribution < -0.4 is 10.1 Å². The smallest absolute Gasteiger partial charge is 0.420 e. The van der Waals surface area contributed by atoms with E-state index < -0.39 is 29.7 Å². The molecular formula is C13H13BrF3NO3. The number of rotatable bonds is 3. The quantitative estimate of drug-likeness (QED) is 0.861. The summed E-state index contributed by atoms with van der Waals surface area (Å²) >= 11 is 3.07. The van der Waals surface area contributed by atoms with Gasteiger partial charge in [-0.05, 0) is 40.0 Å². The fourth-order valence-corrected chi connectivity index (χ4v) is 3.05. The minimum atomic E-state index is -4.55. The Labute approximate surface area is 127 Å². The SMILES string of the molecule is COc1c(Br)cc(C2CC(C(=O)O)CN2)cc1C(F)(F)F. The minimum absolute atomic E-state index is 0.190. The molecule has 1 aliphatic rings. The maximum absolute atomic E-state index is 13.1. The molecule has 2 N–H and O–H groups in total. The Morgan fingerprint density at radius 3 is 2.62 bits per heavy atom. The molecule has 0 radical (unpaired) electrons. The minimum Gasteiger partial charge on any atom is -0.495 e. The van der Waals surface area contributed by atoms with Gasteiger partial charge >= 0.3 is 12.1 Å². The van der Waals surface area contributed by atoms with E-state index >= 15 is 0 Å². The molecule has 1 saturated heterocycles. The number of halogens is 4. The summed E-state index contributed by atoms with van der Waals surface area (Å²) in [4.78, 5) is 10.9. The van der Waals surface area contributed by atoms with Crippen LogP contribution in [-0.2, 0) is 11.0 Å². The fraction of sp³-hybridized carbons (Fsp3) is 0.462. The van der Waals surface area contributed by atoms with Crippen LogP contribution in [0, 0.1) is 5.92 Å². The van der Waals surface area contributed by atoms with Crippen molar-refractivity contribution in [2.45, 2.75) is 18.6 Å². The fourth-order valence-electron chi connectivity index (χ4n) is 2.41. The predicted molar refractivity (Wildman–Crippen MR) is 72.2 cm³/mol. The molecule has 2 rings (SSSR count). The number of carbonyl (C=O) groups is 1. The number of methoxy groups -OCH3 is 1. The van der Waals surface area contributed by atoms with Crippen molar-refractivity contribution in [1.82, 2.24) is 5.32 Å². The average Bonchev–Trinajstić information content (AvgIpc) is 2.86. The van der Waals surface area contributed by atoms with Gasteiger partial charge < -0.3 is 15.2 Å². The summed E-state index contributed by atoms with van der Waals surface area (Å²) in [5.74, 6) is -1.82. The van der Waals surface area contributed by atoms with Crippen LogP contribution in [0.1, 0.15) is 23.6 Å². The summed E-state index contributed by atoms with van der Waals surface area (Å²) < 4.78 is 44.2. The zero-order chi connectivity index (χ0) is 15.8. The molecule has 1 fully saturated rings. The Hall–Kier alpha value is -1.28. The van der Waals surface area contributed by atoms with E-state index in [9.17, 15) is 18.0 Å². The number of hydrogen-bond acceptors (Lipinski definition) is 3. The van der Waals surface area contributed by atoms with Gasteiger partial charge in [0, 0.05) is 12.6 Å². The number of carboxylic acid groups (broad SMARTS) is 1. The lowest BCUT2D eigenvalue weighted by atomic mass is 9.98. The van der Waals surface area contributed by atoms with Crippen LogP contribution in [0.3, 0.4) is 0 Å². The molecule has 0 amide bonds. The molecule has 1 aromatic carbocycles. The molecule has 4 nitrogen and oxygen atoms in total. The second kappa shape index (κ2) is 5.84. The normalized spacial score (nSPS) is 22.3. The number of aliphatic carboxylic acids is 1. The van der Waals surface area contributed by atoms with Crippen LogP contribution in [0.5, 0.6) is 5.75 Å². The predicted octanol–water partition coefficient (Wildman–Crippen LogP) is 3.21. The molecule has 0 saturated carbocycles. The van der Waals surface area contributed by atoms with Gasteiger partial charge in [-0.1, -0.05) is 0 Å². The van der Waals surface area contributed by atoms with E-state index in [0.717, 1.165) is 6.07 Å². The van der Waals surface area contributed by atoms with Crippen molar-refractivity contribution in [2.75, 3.05) is 13.7 Å². The van der Waals surface area contributed by atoms with E-state index in [-0.39, 0.29) is 23.2 Å². The Bertz CT molecular complexity index is 562. The lowest BCUT2D eigenvalue weighted by Gasteiger charge is -2.18. The van der Waals surface area contributed by atoms with Crippen molar-refractivity contribution < 1.29 is 27.8 Å². The van der Waals surface area contributed by atoms with E-state index in [2.05, 4.69) is 21.2 Å². The highest BCUT2D eigenvalue weighted by Crippen LogP contribution is 2.43. The molecular weight excluding hydrogens is 355 g/mol. The zero-order valence-electron chi connectivity index (χ0n) is 11.0. The average molecular weight is 368 g/mol. The van der Waals surface area contributed by atoms with Crippen LogP contribution in [0.2, 0.25) is 0 Å². The van der Waals surface area contributed by atoms with Gasteiger partial charge in [-0.3, -0.25) is 4.79 Å². The number of carboxylic acids is 1. The van der Waals surface area contributed by atoms with Gasteiger partial charge in [0.1, 0.15) is 5.75 Å². The third-order valence-corrected chi connectivity index (χ3v) is 4.05. The van der Waals surface area contributed by atoms with Crippen molar-refractivity contribution in [1.29, 1.82) is 0 Å². The third kappa shape index (κ3) is 3.32. The number of benzene rings is 1. The second-order valence-corrected chi connectivity index (χ2v) is 5.67. The third-order valence-electron chi connectivity index (χ3n) is 3.46. The standard InChI is InChI=1S/C13H13BrF3NO3/c1-21-11-8(13(15,16)17)2-6(3-9(11)14)10-4-7(5-18-10)12(19)20/h2-3,7,10,18H,4-5H2,1H3,(H,19,20). The number of hydrogen-bond donors (Lipinski definition) is 2. The Balaban J connectivity index is 2.38. The molecule has 116 valence electrons. The topological polar surface area (TPSA) is 58.6 Å². The molecule has 21 heavy (non-hydrogen) atoms. The molecule has 1 aliphatic heterocycles. The first-order valence-corrected chi connectivity index (χ1v) is 6.94. The van der Waals surface area contributed by atoms with Crippen LogP contribution in [0.4, 0.5) is 13.2 Å². The molecule has 0 aromatic heterocycles. The zero-order valence-corrected chi connectivity index (χ0v) is 12.6. The first kappa shape index (κ1) is 16.1. The van der Waals surface area contributed by atoms with E-state index in [1.54, 1.807) is 0 Å². The highest BCUT2D eigenvalue weighted by atomic mass is 79.9. The summed E-state index contributed by atoms with van der Waals surface area (Å²) in [5, 5.41) is 11.9. The molecule has 8 heteroatoms. The molecule has 0 aliphatic carbocycles. The Morgan fingerprint density at radius 2 is 2.14 bits per heavy atom. The molecule has 2 atom stereocenters. The second-order valence-electron chi connectivity index (χ2n) is 4.81. The van der Waals surface area contributed by atoms with Crippen molar-refractivity contribution in [3.63, 3.8) is 0 Å². The van der Waals surface area contributed by atoms with Crippen LogP contribution in [0.25, 0.3) is 0 Å². The van der Waals surface area contributed by atoms with E-state index in [0.29, 0.717) is 5.56 Å².